The molecule has 0 radical (unpaired) electrons. The molecule has 7 heteroatoms. The lowest BCUT2D eigenvalue weighted by molar-refractivity contribution is -0.140. The van der Waals surface area contributed by atoms with Crippen LogP contribution in [-0.2, 0) is 0 Å². The summed E-state index contributed by atoms with van der Waals surface area (Å²) in [6, 6.07) is 4.57. The van der Waals surface area contributed by atoms with Gasteiger partial charge in [0.25, 0.3) is 5.91 Å². The molecule has 0 bridgehead atoms. The van der Waals surface area contributed by atoms with Crippen LogP contribution in [-0.4, -0.2) is 36.6 Å². The second kappa shape index (κ2) is 7.54. The van der Waals surface area contributed by atoms with E-state index in [-0.39, 0.29) is 12.1 Å². The van der Waals surface area contributed by atoms with Gasteiger partial charge in [0.1, 0.15) is 6.54 Å². The second-order valence-electron chi connectivity index (χ2n) is 4.56. The number of halogens is 4. The molecule has 0 spiro atoms. The van der Waals surface area contributed by atoms with Gasteiger partial charge in [-0.2, -0.15) is 13.2 Å². The van der Waals surface area contributed by atoms with Crippen molar-refractivity contribution in [2.24, 2.45) is 0 Å². The molecule has 118 valence electrons. The van der Waals surface area contributed by atoms with Crippen molar-refractivity contribution in [1.29, 1.82) is 0 Å². The summed E-state index contributed by atoms with van der Waals surface area (Å²) < 4.78 is 37.8. The van der Waals surface area contributed by atoms with E-state index in [1.54, 1.807) is 19.1 Å². The van der Waals surface area contributed by atoms with E-state index in [9.17, 15) is 18.0 Å². The van der Waals surface area contributed by atoms with Gasteiger partial charge in [0, 0.05) is 23.8 Å². The molecule has 1 aromatic carbocycles. The van der Waals surface area contributed by atoms with Crippen molar-refractivity contribution in [1.82, 2.24) is 4.90 Å². The number of alkyl halides is 3. The Hall–Kier alpha value is -1.43. The Morgan fingerprint density at radius 2 is 2.00 bits per heavy atom. The molecular formula is C14H18ClF3N2O. The summed E-state index contributed by atoms with van der Waals surface area (Å²) >= 11 is 5.86. The Balaban J connectivity index is 3.10. The van der Waals surface area contributed by atoms with Gasteiger partial charge in [0.15, 0.2) is 0 Å². The third-order valence-corrected chi connectivity index (χ3v) is 2.97. The first-order chi connectivity index (χ1) is 9.78. The highest BCUT2D eigenvalue weighted by Crippen LogP contribution is 2.24. The maximum absolute atomic E-state index is 12.6. The lowest BCUT2D eigenvalue weighted by Gasteiger charge is -2.24. The topological polar surface area (TPSA) is 32.3 Å². The minimum Gasteiger partial charge on any atom is -0.385 e. The van der Waals surface area contributed by atoms with Crippen LogP contribution < -0.4 is 5.32 Å². The number of carbonyl (C=O) groups is 1. The molecule has 1 amide bonds. The number of amides is 1. The van der Waals surface area contributed by atoms with Gasteiger partial charge in [-0.25, -0.2) is 0 Å². The van der Waals surface area contributed by atoms with Crippen molar-refractivity contribution in [2.75, 3.05) is 25.0 Å². The zero-order valence-corrected chi connectivity index (χ0v) is 12.7. The largest absolute Gasteiger partial charge is 0.406 e. The molecule has 0 aliphatic carbocycles. The van der Waals surface area contributed by atoms with Crippen LogP contribution in [0.15, 0.2) is 18.2 Å². The smallest absolute Gasteiger partial charge is 0.385 e. The standard InChI is InChI=1S/C14H18ClF3N2O/c1-3-7-20(9-14(16,17)18)13(21)11-8-10(15)5-6-12(11)19-4-2/h5-6,8,19H,3-4,7,9H2,1-2H3. The molecule has 0 fully saturated rings. The minimum atomic E-state index is -4.43. The first kappa shape index (κ1) is 17.6. The predicted octanol–water partition coefficient (Wildman–Crippen LogP) is 4.19. The highest BCUT2D eigenvalue weighted by molar-refractivity contribution is 6.31. The highest BCUT2D eigenvalue weighted by Gasteiger charge is 2.33. The zero-order chi connectivity index (χ0) is 16.0. The summed E-state index contributed by atoms with van der Waals surface area (Å²) in [7, 11) is 0. The molecule has 3 nitrogen and oxygen atoms in total. The zero-order valence-electron chi connectivity index (χ0n) is 11.9. The van der Waals surface area contributed by atoms with Crippen LogP contribution in [0.1, 0.15) is 30.6 Å². The normalized spacial score (nSPS) is 11.3. The molecular weight excluding hydrogens is 305 g/mol. The summed E-state index contributed by atoms with van der Waals surface area (Å²) in [4.78, 5) is 13.2. The van der Waals surface area contributed by atoms with Crippen molar-refractivity contribution >= 4 is 23.2 Å². The van der Waals surface area contributed by atoms with Crippen molar-refractivity contribution in [3.63, 3.8) is 0 Å². The summed E-state index contributed by atoms with van der Waals surface area (Å²) in [5.41, 5.74) is 0.636. The van der Waals surface area contributed by atoms with E-state index in [1.807, 2.05) is 6.92 Å². The van der Waals surface area contributed by atoms with Crippen LogP contribution in [0.5, 0.6) is 0 Å². The van der Waals surface area contributed by atoms with Gasteiger partial charge in [0.05, 0.1) is 5.56 Å². The Morgan fingerprint density at radius 1 is 1.33 bits per heavy atom. The average Bonchev–Trinajstić information content (AvgIpc) is 2.38. The third-order valence-electron chi connectivity index (χ3n) is 2.73. The summed E-state index contributed by atoms with van der Waals surface area (Å²) in [6.07, 6.45) is -3.99. The van der Waals surface area contributed by atoms with Gasteiger partial charge >= 0.3 is 6.18 Å². The Morgan fingerprint density at radius 3 is 2.52 bits per heavy atom. The van der Waals surface area contributed by atoms with Crippen molar-refractivity contribution in [3.05, 3.63) is 28.8 Å². The summed E-state index contributed by atoms with van der Waals surface area (Å²) in [5, 5.41) is 3.27. The summed E-state index contributed by atoms with van der Waals surface area (Å²) in [5.74, 6) is -0.673. The minimum absolute atomic E-state index is 0.0381. The Labute approximate surface area is 127 Å². The molecule has 1 N–H and O–H groups in total. The predicted molar refractivity (Wildman–Crippen MR) is 77.9 cm³/mol. The van der Waals surface area contributed by atoms with Crippen molar-refractivity contribution in [3.8, 4) is 0 Å². The van der Waals surface area contributed by atoms with Gasteiger partial charge in [-0.1, -0.05) is 18.5 Å². The van der Waals surface area contributed by atoms with Gasteiger partial charge in [-0.3, -0.25) is 4.79 Å². The van der Waals surface area contributed by atoms with Crippen LogP contribution in [0.2, 0.25) is 5.02 Å². The van der Waals surface area contributed by atoms with E-state index in [4.69, 9.17) is 11.6 Å². The van der Waals surface area contributed by atoms with Gasteiger partial charge in [-0.05, 0) is 31.5 Å². The number of hydrogen-bond donors (Lipinski definition) is 1. The van der Waals surface area contributed by atoms with Gasteiger partial charge < -0.3 is 10.2 Å². The number of nitrogens with zero attached hydrogens (tertiary/aromatic N) is 1. The molecule has 0 unspecified atom stereocenters. The lowest BCUT2D eigenvalue weighted by Crippen LogP contribution is -2.39. The van der Waals surface area contributed by atoms with E-state index < -0.39 is 18.6 Å². The molecule has 1 rings (SSSR count). The lowest BCUT2D eigenvalue weighted by atomic mass is 10.1. The number of rotatable bonds is 6. The second-order valence-corrected chi connectivity index (χ2v) is 5.00. The van der Waals surface area contributed by atoms with Crippen molar-refractivity contribution in [2.45, 2.75) is 26.4 Å². The molecule has 0 heterocycles. The first-order valence-electron chi connectivity index (χ1n) is 6.68. The number of carbonyl (C=O) groups excluding carboxylic acids is 1. The quantitative estimate of drug-likeness (QED) is 0.852. The summed E-state index contributed by atoms with van der Waals surface area (Å²) in [6.45, 7) is 2.88. The Bertz CT molecular complexity index is 492. The van der Waals surface area contributed by atoms with Crippen LogP contribution in [0.25, 0.3) is 0 Å². The fraction of sp³-hybridized carbons (Fsp3) is 0.500. The average molecular weight is 323 g/mol. The third kappa shape index (κ3) is 5.46. The number of nitrogens with one attached hydrogen (secondary N) is 1. The van der Waals surface area contributed by atoms with E-state index in [0.717, 1.165) is 4.90 Å². The van der Waals surface area contributed by atoms with Crippen molar-refractivity contribution < 1.29 is 18.0 Å². The van der Waals surface area contributed by atoms with Crippen LogP contribution in [0.4, 0.5) is 18.9 Å². The number of anilines is 1. The number of benzene rings is 1. The molecule has 1 aromatic rings. The van der Waals surface area contributed by atoms with E-state index in [1.165, 1.54) is 6.07 Å². The highest BCUT2D eigenvalue weighted by atomic mass is 35.5. The van der Waals surface area contributed by atoms with Gasteiger partial charge in [-0.15, -0.1) is 0 Å². The molecule has 0 atom stereocenters. The Kier molecular flexibility index (Phi) is 6.33. The van der Waals surface area contributed by atoms with E-state index in [0.29, 0.717) is 23.7 Å². The number of hydrogen-bond acceptors (Lipinski definition) is 2. The van der Waals surface area contributed by atoms with E-state index >= 15 is 0 Å². The fourth-order valence-electron chi connectivity index (χ4n) is 1.95. The fourth-order valence-corrected chi connectivity index (χ4v) is 2.12. The van der Waals surface area contributed by atoms with Gasteiger partial charge in [0.2, 0.25) is 0 Å². The van der Waals surface area contributed by atoms with E-state index in [2.05, 4.69) is 5.32 Å². The molecule has 0 aliphatic heterocycles. The monoisotopic (exact) mass is 322 g/mol. The van der Waals surface area contributed by atoms with Crippen LogP contribution in [0, 0.1) is 0 Å². The molecule has 0 saturated carbocycles. The SMILES string of the molecule is CCCN(CC(F)(F)F)C(=O)c1cc(Cl)ccc1NCC. The molecule has 0 saturated heterocycles. The molecule has 21 heavy (non-hydrogen) atoms. The molecule has 0 aliphatic rings. The first-order valence-corrected chi connectivity index (χ1v) is 7.05. The maximum atomic E-state index is 12.6. The van der Waals surface area contributed by atoms with Crippen LogP contribution in [0.3, 0.4) is 0 Å². The van der Waals surface area contributed by atoms with Crippen LogP contribution >= 0.6 is 11.6 Å². The maximum Gasteiger partial charge on any atom is 0.406 e. The molecule has 0 aromatic heterocycles.